The van der Waals surface area contributed by atoms with E-state index in [2.05, 4.69) is 5.32 Å². The second kappa shape index (κ2) is 9.13. The van der Waals surface area contributed by atoms with Gasteiger partial charge in [-0.3, -0.25) is 9.59 Å². The minimum Gasteiger partial charge on any atom is -0.493 e. The van der Waals surface area contributed by atoms with Crippen LogP contribution >= 0.6 is 11.6 Å². The van der Waals surface area contributed by atoms with Crippen LogP contribution in [0.25, 0.3) is 0 Å². The van der Waals surface area contributed by atoms with E-state index in [1.54, 1.807) is 19.1 Å². The van der Waals surface area contributed by atoms with Gasteiger partial charge in [0, 0.05) is 25.2 Å². The Morgan fingerprint density at radius 1 is 1.21 bits per heavy atom. The quantitative estimate of drug-likeness (QED) is 0.744. The molecule has 1 fully saturated rings. The molecule has 2 amide bonds. The highest BCUT2D eigenvalue weighted by molar-refractivity contribution is 6.31. The van der Waals surface area contributed by atoms with Crippen molar-refractivity contribution in [3.63, 3.8) is 0 Å². The van der Waals surface area contributed by atoms with Crippen molar-refractivity contribution < 1.29 is 23.5 Å². The van der Waals surface area contributed by atoms with Gasteiger partial charge in [0.15, 0.2) is 11.5 Å². The molecule has 6 nitrogen and oxygen atoms in total. The van der Waals surface area contributed by atoms with E-state index in [0.29, 0.717) is 36.7 Å². The van der Waals surface area contributed by atoms with Crippen molar-refractivity contribution in [2.45, 2.75) is 12.8 Å². The molecule has 1 saturated heterocycles. The van der Waals surface area contributed by atoms with Crippen LogP contribution in [0.5, 0.6) is 11.5 Å². The van der Waals surface area contributed by atoms with E-state index in [1.165, 1.54) is 18.2 Å². The predicted octanol–water partition coefficient (Wildman–Crippen LogP) is 3.53. The maximum atomic E-state index is 13.2. The molecule has 0 unspecified atom stereocenters. The van der Waals surface area contributed by atoms with Gasteiger partial charge in [0.1, 0.15) is 5.82 Å². The minimum absolute atomic E-state index is 0.0669. The molecule has 154 valence electrons. The number of carbonyl (C=O) groups is 2. The number of ether oxygens (including phenoxy) is 2. The summed E-state index contributed by atoms with van der Waals surface area (Å²) in [6.07, 6.45) is 0.778. The largest absolute Gasteiger partial charge is 0.493 e. The topological polar surface area (TPSA) is 67.9 Å². The van der Waals surface area contributed by atoms with Gasteiger partial charge >= 0.3 is 0 Å². The molecule has 2 aromatic rings. The first-order valence-corrected chi connectivity index (χ1v) is 9.53. The Hall–Kier alpha value is -2.80. The van der Waals surface area contributed by atoms with Gasteiger partial charge in [-0.05, 0) is 42.3 Å². The highest BCUT2D eigenvalue weighted by Crippen LogP contribution is 2.28. The van der Waals surface area contributed by atoms with E-state index in [-0.39, 0.29) is 23.3 Å². The van der Waals surface area contributed by atoms with E-state index in [0.717, 1.165) is 5.56 Å². The lowest BCUT2D eigenvalue weighted by Gasteiger charge is -2.17. The fraction of sp³-hybridized carbons (Fsp3) is 0.333. The monoisotopic (exact) mass is 420 g/mol. The highest BCUT2D eigenvalue weighted by atomic mass is 35.5. The average molecular weight is 421 g/mol. The van der Waals surface area contributed by atoms with Crippen LogP contribution in [0.3, 0.4) is 0 Å². The van der Waals surface area contributed by atoms with Gasteiger partial charge in [0.25, 0.3) is 0 Å². The Morgan fingerprint density at radius 2 is 1.97 bits per heavy atom. The zero-order chi connectivity index (χ0) is 21.0. The van der Waals surface area contributed by atoms with E-state index in [1.807, 2.05) is 18.2 Å². The Bertz CT molecular complexity index is 922. The number of likely N-dealkylation sites (tertiary alicyclic amines) is 1. The van der Waals surface area contributed by atoms with Crippen LogP contribution in [0, 0.1) is 11.7 Å². The summed E-state index contributed by atoms with van der Waals surface area (Å²) in [6.45, 7) is 0.841. The average Bonchev–Trinajstić information content (AvgIpc) is 3.09. The number of halogens is 2. The number of hydrogen-bond acceptors (Lipinski definition) is 4. The van der Waals surface area contributed by atoms with E-state index >= 15 is 0 Å². The van der Waals surface area contributed by atoms with Crippen LogP contribution in [-0.4, -0.2) is 44.0 Å². The second-order valence-corrected chi connectivity index (χ2v) is 7.21. The van der Waals surface area contributed by atoms with Gasteiger partial charge in [0.2, 0.25) is 11.8 Å². The predicted molar refractivity (Wildman–Crippen MR) is 108 cm³/mol. The molecule has 0 radical (unpaired) electrons. The summed E-state index contributed by atoms with van der Waals surface area (Å²) in [5.41, 5.74) is 1.40. The van der Waals surface area contributed by atoms with E-state index in [4.69, 9.17) is 21.1 Å². The summed E-state index contributed by atoms with van der Waals surface area (Å²) >= 11 is 5.74. The zero-order valence-corrected chi connectivity index (χ0v) is 17.0. The van der Waals surface area contributed by atoms with Crippen LogP contribution in [-0.2, 0) is 16.0 Å². The summed E-state index contributed by atoms with van der Waals surface area (Å²) < 4.78 is 23.8. The van der Waals surface area contributed by atoms with Gasteiger partial charge in [-0.15, -0.1) is 0 Å². The molecule has 2 aromatic carbocycles. The van der Waals surface area contributed by atoms with Crippen molar-refractivity contribution in [3.05, 3.63) is 52.8 Å². The Morgan fingerprint density at radius 3 is 2.66 bits per heavy atom. The molecule has 1 aliphatic rings. The lowest BCUT2D eigenvalue weighted by atomic mass is 10.1. The lowest BCUT2D eigenvalue weighted by Crippen LogP contribution is -2.30. The van der Waals surface area contributed by atoms with E-state index in [9.17, 15) is 14.0 Å². The van der Waals surface area contributed by atoms with Crippen molar-refractivity contribution in [1.82, 2.24) is 4.90 Å². The SMILES string of the molecule is COc1ccc(CCN2C[C@H](C(=O)Nc3ccc(F)c(Cl)c3)CC2=O)cc1OC. The van der Waals surface area contributed by atoms with Crippen molar-refractivity contribution in [2.24, 2.45) is 5.92 Å². The number of anilines is 1. The third-order valence-electron chi connectivity index (χ3n) is 4.89. The maximum absolute atomic E-state index is 13.2. The molecule has 0 aliphatic carbocycles. The van der Waals surface area contributed by atoms with Gasteiger partial charge in [0.05, 0.1) is 25.2 Å². The van der Waals surface area contributed by atoms with Crippen LogP contribution in [0.2, 0.25) is 5.02 Å². The van der Waals surface area contributed by atoms with Crippen LogP contribution in [0.1, 0.15) is 12.0 Å². The van der Waals surface area contributed by atoms with Crippen molar-refractivity contribution in [2.75, 3.05) is 32.6 Å². The van der Waals surface area contributed by atoms with Crippen LogP contribution < -0.4 is 14.8 Å². The van der Waals surface area contributed by atoms with Crippen molar-refractivity contribution >= 4 is 29.1 Å². The van der Waals surface area contributed by atoms with Gasteiger partial charge < -0.3 is 19.7 Å². The lowest BCUT2D eigenvalue weighted by molar-refractivity contribution is -0.128. The summed E-state index contributed by atoms with van der Waals surface area (Å²) in [7, 11) is 3.15. The van der Waals surface area contributed by atoms with Crippen LogP contribution in [0.15, 0.2) is 36.4 Å². The standard InChI is InChI=1S/C21H22ClFN2O4/c1-28-18-6-3-13(9-19(18)29-2)7-8-25-12-14(10-20(25)26)21(27)24-15-4-5-17(23)16(22)11-15/h3-6,9,11,14H,7-8,10,12H2,1-2H3,(H,24,27)/t14-/m1/s1. The smallest absolute Gasteiger partial charge is 0.229 e. The molecule has 29 heavy (non-hydrogen) atoms. The number of benzene rings is 2. The first kappa shape index (κ1) is 20.9. The fourth-order valence-corrected chi connectivity index (χ4v) is 3.46. The minimum atomic E-state index is -0.554. The number of rotatable bonds is 7. The second-order valence-electron chi connectivity index (χ2n) is 6.80. The summed E-state index contributed by atoms with van der Waals surface area (Å²) in [5, 5.41) is 2.63. The summed E-state index contributed by atoms with van der Waals surface area (Å²) in [5.74, 6) is -0.0877. The van der Waals surface area contributed by atoms with Crippen molar-refractivity contribution in [1.29, 1.82) is 0 Å². The molecule has 0 bridgehead atoms. The Labute approximate surface area is 173 Å². The van der Waals surface area contributed by atoms with Gasteiger partial charge in [-0.2, -0.15) is 0 Å². The molecule has 1 atom stereocenters. The number of hydrogen-bond donors (Lipinski definition) is 1. The molecular formula is C21H22ClFN2O4. The fourth-order valence-electron chi connectivity index (χ4n) is 3.28. The van der Waals surface area contributed by atoms with Crippen LogP contribution in [0.4, 0.5) is 10.1 Å². The van der Waals surface area contributed by atoms with Gasteiger partial charge in [-0.1, -0.05) is 17.7 Å². The first-order valence-electron chi connectivity index (χ1n) is 9.16. The number of nitrogens with zero attached hydrogens (tertiary/aromatic N) is 1. The molecule has 0 spiro atoms. The maximum Gasteiger partial charge on any atom is 0.229 e. The number of nitrogens with one attached hydrogen (secondary N) is 1. The summed E-state index contributed by atoms with van der Waals surface area (Å²) in [4.78, 5) is 26.5. The highest BCUT2D eigenvalue weighted by Gasteiger charge is 2.34. The first-order chi connectivity index (χ1) is 13.9. The number of methoxy groups -OCH3 is 2. The summed E-state index contributed by atoms with van der Waals surface area (Å²) in [6, 6.07) is 9.59. The Balaban J connectivity index is 1.57. The molecule has 1 heterocycles. The Kier molecular flexibility index (Phi) is 6.59. The molecule has 1 aliphatic heterocycles. The molecule has 1 N–H and O–H groups in total. The van der Waals surface area contributed by atoms with Gasteiger partial charge in [-0.25, -0.2) is 4.39 Å². The normalized spacial score (nSPS) is 16.1. The van der Waals surface area contributed by atoms with E-state index < -0.39 is 11.7 Å². The van der Waals surface area contributed by atoms with Crippen molar-refractivity contribution in [3.8, 4) is 11.5 Å². The zero-order valence-electron chi connectivity index (χ0n) is 16.2. The molecule has 0 aromatic heterocycles. The number of carbonyl (C=O) groups excluding carboxylic acids is 2. The molecule has 3 rings (SSSR count). The third-order valence-corrected chi connectivity index (χ3v) is 5.18. The molecule has 0 saturated carbocycles. The number of amides is 2. The third kappa shape index (κ3) is 4.98. The molecular weight excluding hydrogens is 399 g/mol. The molecule has 8 heteroatoms.